The molecule has 0 radical (unpaired) electrons. The Bertz CT molecular complexity index is 353. The summed E-state index contributed by atoms with van der Waals surface area (Å²) in [5, 5.41) is 0. The Morgan fingerprint density at radius 1 is 0.326 bits per heavy atom. The van der Waals surface area contributed by atoms with Gasteiger partial charge in [-0.3, -0.25) is 4.98 Å². The van der Waals surface area contributed by atoms with Crippen molar-refractivity contribution in [3.63, 3.8) is 0 Å². The molecule has 1 aliphatic heterocycles. The highest BCUT2D eigenvalue weighted by Gasteiger charge is 2.02. The zero-order valence-corrected chi connectivity index (χ0v) is 30.0. The fourth-order valence-electron chi connectivity index (χ4n) is 2.81. The van der Waals surface area contributed by atoms with Crippen LogP contribution in [-0.2, 0) is 0 Å². The molecule has 0 N–H and O–H groups in total. The third-order valence-electron chi connectivity index (χ3n) is 4.31. The van der Waals surface area contributed by atoms with Gasteiger partial charge in [-0.2, -0.15) is 0 Å². The van der Waals surface area contributed by atoms with Crippen LogP contribution in [0.2, 0.25) is 0 Å². The number of nitrogens with zero attached hydrogens (tertiary/aromatic N) is 2. The summed E-state index contributed by atoms with van der Waals surface area (Å²) in [7, 11) is 2.19. The Morgan fingerprint density at radius 3 is 0.628 bits per heavy atom. The topological polar surface area (TPSA) is 16.1 Å². The van der Waals surface area contributed by atoms with Gasteiger partial charge in [-0.05, 0) is 45.1 Å². The average Bonchev–Trinajstić information content (AvgIpc) is 3.11. The van der Waals surface area contributed by atoms with Crippen LogP contribution in [0, 0.1) is 0 Å². The van der Waals surface area contributed by atoms with Crippen LogP contribution in [0.1, 0.15) is 184 Å². The van der Waals surface area contributed by atoms with Gasteiger partial charge in [-0.15, -0.1) is 0 Å². The van der Waals surface area contributed by atoms with E-state index in [1.165, 1.54) is 70.9 Å². The van der Waals surface area contributed by atoms with Gasteiger partial charge in [-0.1, -0.05) is 214 Å². The van der Waals surface area contributed by atoms with Crippen molar-refractivity contribution in [1.82, 2.24) is 9.88 Å². The first kappa shape index (κ1) is 73.1. The molecule has 43 heavy (non-hydrogen) atoms. The predicted molar refractivity (Wildman–Crippen MR) is 216 cm³/mol. The Balaban J connectivity index is -0.0000000303. The minimum atomic E-state index is 0. The molecule has 2 fully saturated rings. The van der Waals surface area contributed by atoms with Crippen molar-refractivity contribution in [2.45, 2.75) is 184 Å². The Hall–Kier alpha value is -1.67. The monoisotopic (exact) mass is 615 g/mol. The number of hydrogen-bond acceptors (Lipinski definition) is 2. The maximum atomic E-state index is 3.78. The standard InChI is InChI=1S/C6H13N.C6H12.C6H6.C5H5N.7C2H6.4CH4/c1-7-5-3-2-4-6-7;3*1-2-4-6-5-3-1;7*1-2;;;;/h2-6H2,1H3;1-6H2;1-6H;1-5H;7*1-2H3;4*1H4. The molecule has 1 saturated heterocycles. The molecule has 2 aliphatic rings. The van der Waals surface area contributed by atoms with Gasteiger partial charge in [0.15, 0.2) is 0 Å². The van der Waals surface area contributed by atoms with Crippen molar-refractivity contribution in [1.29, 1.82) is 0 Å². The van der Waals surface area contributed by atoms with E-state index in [2.05, 4.69) is 16.9 Å². The van der Waals surface area contributed by atoms with Crippen LogP contribution in [0.5, 0.6) is 0 Å². The van der Waals surface area contributed by atoms with E-state index >= 15 is 0 Å². The van der Waals surface area contributed by atoms with E-state index in [4.69, 9.17) is 0 Å². The van der Waals surface area contributed by atoms with Gasteiger partial charge >= 0.3 is 0 Å². The summed E-state index contributed by atoms with van der Waals surface area (Å²) in [6, 6.07) is 17.7. The maximum Gasteiger partial charge on any atom is 0.0267 e. The third-order valence-corrected chi connectivity index (χ3v) is 4.31. The van der Waals surface area contributed by atoms with Crippen LogP contribution < -0.4 is 0 Å². The second kappa shape index (κ2) is 105. The number of aromatic nitrogens is 1. The fraction of sp³-hybridized carbons (Fsp3) is 0.732. The van der Waals surface area contributed by atoms with E-state index in [1.54, 1.807) is 12.4 Å². The second-order valence-corrected chi connectivity index (χ2v) is 6.66. The summed E-state index contributed by atoms with van der Waals surface area (Å²) in [5.41, 5.74) is 0. The normalized spacial score (nSPS) is 10.7. The second-order valence-electron chi connectivity index (χ2n) is 6.66. The molecule has 4 rings (SSSR count). The molecule has 1 aliphatic carbocycles. The molecule has 0 atom stereocenters. The number of likely N-dealkylation sites (tertiary alicyclic amines) is 1. The van der Waals surface area contributed by atoms with E-state index < -0.39 is 0 Å². The quantitative estimate of drug-likeness (QED) is 0.293. The summed E-state index contributed by atoms with van der Waals surface area (Å²) in [5.74, 6) is 0. The average molecular weight is 615 g/mol. The lowest BCUT2D eigenvalue weighted by atomic mass is 10.0. The summed E-state index contributed by atoms with van der Waals surface area (Å²) < 4.78 is 0. The summed E-state index contributed by atoms with van der Waals surface area (Å²) in [4.78, 5) is 6.18. The zero-order chi connectivity index (χ0) is 31.8. The lowest BCUT2D eigenvalue weighted by Crippen LogP contribution is -2.24. The zero-order valence-electron chi connectivity index (χ0n) is 30.0. The van der Waals surface area contributed by atoms with Crippen molar-refractivity contribution in [2.24, 2.45) is 0 Å². The van der Waals surface area contributed by atoms with Crippen LogP contribution in [0.4, 0.5) is 0 Å². The smallest absolute Gasteiger partial charge is 0.0267 e. The molecule has 2 nitrogen and oxygen atoms in total. The van der Waals surface area contributed by atoms with Crippen molar-refractivity contribution in [3.05, 3.63) is 67.0 Å². The molecule has 1 aromatic heterocycles. The first-order valence-corrected chi connectivity index (χ1v) is 16.9. The van der Waals surface area contributed by atoms with E-state index in [1.807, 2.05) is 152 Å². The van der Waals surface area contributed by atoms with Crippen molar-refractivity contribution >= 4 is 0 Å². The van der Waals surface area contributed by atoms with E-state index in [0.717, 1.165) is 0 Å². The predicted octanol–water partition coefficient (Wildman–Crippen LogP) is 15.9. The van der Waals surface area contributed by atoms with Crippen molar-refractivity contribution < 1.29 is 0 Å². The Morgan fingerprint density at radius 2 is 0.512 bits per heavy atom. The van der Waals surface area contributed by atoms with Gasteiger partial charge in [0, 0.05) is 12.4 Å². The van der Waals surface area contributed by atoms with Crippen LogP contribution >= 0.6 is 0 Å². The molecule has 0 bridgehead atoms. The molecule has 1 aromatic carbocycles. The summed E-state index contributed by atoms with van der Waals surface area (Å²) in [6.07, 6.45) is 16.8. The van der Waals surface area contributed by atoms with Gasteiger partial charge in [0.05, 0.1) is 0 Å². The molecule has 2 heteroatoms. The Labute approximate surface area is 280 Å². The fourth-order valence-corrected chi connectivity index (χ4v) is 2.81. The number of pyridine rings is 1. The molecular formula is C41H94N2. The molecule has 268 valence electrons. The first-order chi connectivity index (χ1) is 19.4. The van der Waals surface area contributed by atoms with E-state index in [0.29, 0.717) is 0 Å². The molecule has 0 amide bonds. The van der Waals surface area contributed by atoms with Gasteiger partial charge in [0.1, 0.15) is 0 Å². The lowest BCUT2D eigenvalue weighted by Gasteiger charge is -2.20. The molecule has 0 unspecified atom stereocenters. The summed E-state index contributed by atoms with van der Waals surface area (Å²) in [6.45, 7) is 30.6. The number of rotatable bonds is 0. The van der Waals surface area contributed by atoms with Gasteiger partial charge in [0.2, 0.25) is 0 Å². The molecule has 2 heterocycles. The van der Waals surface area contributed by atoms with Crippen molar-refractivity contribution in [2.75, 3.05) is 20.1 Å². The van der Waals surface area contributed by atoms with E-state index in [9.17, 15) is 0 Å². The third kappa shape index (κ3) is 100. The maximum absolute atomic E-state index is 3.78. The number of hydrogen-bond donors (Lipinski definition) is 0. The molecule has 1 saturated carbocycles. The minimum Gasteiger partial charge on any atom is -0.306 e. The van der Waals surface area contributed by atoms with Crippen LogP contribution in [0.15, 0.2) is 67.0 Å². The highest BCUT2D eigenvalue weighted by atomic mass is 15.1. The van der Waals surface area contributed by atoms with Crippen LogP contribution in [0.3, 0.4) is 0 Å². The number of piperidine rings is 1. The highest BCUT2D eigenvalue weighted by molar-refractivity contribution is 4.99. The summed E-state index contributed by atoms with van der Waals surface area (Å²) >= 11 is 0. The minimum absolute atomic E-state index is 0. The van der Waals surface area contributed by atoms with Crippen LogP contribution in [-0.4, -0.2) is 30.0 Å². The van der Waals surface area contributed by atoms with Gasteiger partial charge < -0.3 is 4.90 Å². The van der Waals surface area contributed by atoms with E-state index in [-0.39, 0.29) is 29.7 Å². The molecule has 0 spiro atoms. The lowest BCUT2D eigenvalue weighted by molar-refractivity contribution is 0.277. The molecule has 2 aromatic rings. The van der Waals surface area contributed by atoms with Gasteiger partial charge in [0.25, 0.3) is 0 Å². The Kier molecular flexibility index (Phi) is 179. The first-order valence-electron chi connectivity index (χ1n) is 16.9. The molecular weight excluding hydrogens is 520 g/mol. The van der Waals surface area contributed by atoms with Gasteiger partial charge in [-0.25, -0.2) is 0 Å². The SMILES string of the molecule is C.C.C.C.C1CCCCC1.CC.CC.CC.CC.CC.CC.CC.CN1CCCCC1.c1ccccc1.c1ccncc1. The van der Waals surface area contributed by atoms with Crippen LogP contribution in [0.25, 0.3) is 0 Å². The van der Waals surface area contributed by atoms with Crippen molar-refractivity contribution in [3.8, 4) is 0 Å². The largest absolute Gasteiger partial charge is 0.306 e. The number of benzene rings is 1. The highest BCUT2D eigenvalue weighted by Crippen LogP contribution is 2.15.